The van der Waals surface area contributed by atoms with Crippen LogP contribution in [0.1, 0.15) is 24.0 Å². The smallest absolute Gasteiger partial charge is 0.227 e. The molecule has 0 saturated carbocycles. The minimum atomic E-state index is -0.142. The number of likely N-dealkylation sites (tertiary alicyclic amines) is 1. The maximum atomic E-state index is 14.1. The van der Waals surface area contributed by atoms with Crippen LogP contribution < -0.4 is 4.74 Å². The summed E-state index contributed by atoms with van der Waals surface area (Å²) in [4.78, 5) is 19.6. The number of piperidine rings is 1. The van der Waals surface area contributed by atoms with Crippen molar-refractivity contribution in [2.45, 2.75) is 25.8 Å². The maximum Gasteiger partial charge on any atom is 0.227 e. The van der Waals surface area contributed by atoms with E-state index in [2.05, 4.69) is 9.80 Å². The molecule has 6 heteroatoms. The van der Waals surface area contributed by atoms with Crippen molar-refractivity contribution in [3.05, 3.63) is 65.5 Å². The van der Waals surface area contributed by atoms with Crippen LogP contribution >= 0.6 is 0 Å². The van der Waals surface area contributed by atoms with Crippen LogP contribution in [0.3, 0.4) is 0 Å². The van der Waals surface area contributed by atoms with E-state index >= 15 is 0 Å². The Balaban J connectivity index is 1.61. The Kier molecular flexibility index (Phi) is 9.06. The number of methoxy groups -OCH3 is 1. The summed E-state index contributed by atoms with van der Waals surface area (Å²) in [6.45, 7) is 4.79. The Morgan fingerprint density at radius 1 is 1.12 bits per heavy atom. The van der Waals surface area contributed by atoms with E-state index < -0.39 is 0 Å². The van der Waals surface area contributed by atoms with Crippen LogP contribution in [0.25, 0.3) is 0 Å². The summed E-state index contributed by atoms with van der Waals surface area (Å²) in [5.41, 5.74) is 1.74. The average Bonchev–Trinajstić information content (AvgIpc) is 2.79. The minimum Gasteiger partial charge on any atom is -0.497 e. The van der Waals surface area contributed by atoms with Gasteiger partial charge in [-0.1, -0.05) is 30.3 Å². The van der Waals surface area contributed by atoms with E-state index in [9.17, 15) is 9.18 Å². The fourth-order valence-corrected chi connectivity index (χ4v) is 4.29. The quantitative estimate of drug-likeness (QED) is 0.564. The van der Waals surface area contributed by atoms with Crippen LogP contribution in [0.4, 0.5) is 4.39 Å². The lowest BCUT2D eigenvalue weighted by atomic mass is 9.96. The molecule has 1 aliphatic heterocycles. The second kappa shape index (κ2) is 12.0. The zero-order chi connectivity index (χ0) is 22.9. The molecule has 0 unspecified atom stereocenters. The average molecular weight is 442 g/mol. The molecule has 3 rings (SSSR count). The minimum absolute atomic E-state index is 0.142. The molecule has 2 aromatic rings. The molecule has 5 nitrogen and oxygen atoms in total. The van der Waals surface area contributed by atoms with Crippen molar-refractivity contribution in [3.8, 4) is 5.75 Å². The van der Waals surface area contributed by atoms with Crippen LogP contribution in [0.15, 0.2) is 48.5 Å². The van der Waals surface area contributed by atoms with Gasteiger partial charge in [-0.05, 0) is 63.2 Å². The van der Waals surface area contributed by atoms with Gasteiger partial charge in [0.1, 0.15) is 11.6 Å². The van der Waals surface area contributed by atoms with E-state index in [4.69, 9.17) is 4.74 Å². The normalized spacial score (nSPS) is 16.8. The van der Waals surface area contributed by atoms with Crippen molar-refractivity contribution >= 4 is 5.91 Å². The molecule has 1 fully saturated rings. The number of benzene rings is 2. The summed E-state index contributed by atoms with van der Waals surface area (Å²) in [5.74, 6) is 1.21. The number of halogens is 1. The van der Waals surface area contributed by atoms with Gasteiger partial charge in [-0.3, -0.25) is 9.69 Å². The van der Waals surface area contributed by atoms with Crippen molar-refractivity contribution in [1.29, 1.82) is 0 Å². The molecule has 1 heterocycles. The Labute approximate surface area is 191 Å². The fourth-order valence-electron chi connectivity index (χ4n) is 4.29. The molecule has 1 aliphatic rings. The van der Waals surface area contributed by atoms with Gasteiger partial charge in [0.05, 0.1) is 13.5 Å². The lowest BCUT2D eigenvalue weighted by Gasteiger charge is -2.36. The molecule has 0 aromatic heterocycles. The summed E-state index contributed by atoms with van der Waals surface area (Å²) < 4.78 is 19.3. The van der Waals surface area contributed by atoms with Crippen molar-refractivity contribution in [2.75, 3.05) is 53.9 Å². The van der Waals surface area contributed by atoms with Gasteiger partial charge in [0.2, 0.25) is 5.91 Å². The predicted molar refractivity (Wildman–Crippen MR) is 126 cm³/mol. The first-order valence-corrected chi connectivity index (χ1v) is 11.5. The lowest BCUT2D eigenvalue weighted by Crippen LogP contribution is -2.45. The van der Waals surface area contributed by atoms with Crippen molar-refractivity contribution in [2.24, 2.45) is 5.92 Å². The Morgan fingerprint density at radius 2 is 1.88 bits per heavy atom. The highest BCUT2D eigenvalue weighted by Gasteiger charge is 2.25. The van der Waals surface area contributed by atoms with E-state index in [0.717, 1.165) is 55.9 Å². The summed E-state index contributed by atoms with van der Waals surface area (Å²) in [6.07, 6.45) is 2.57. The van der Waals surface area contributed by atoms with E-state index in [1.807, 2.05) is 55.4 Å². The molecule has 2 aromatic carbocycles. The molecular formula is C26H36FN3O2. The molecule has 0 bridgehead atoms. The van der Waals surface area contributed by atoms with Gasteiger partial charge in [-0.15, -0.1) is 0 Å². The van der Waals surface area contributed by atoms with Crippen LogP contribution in [0.2, 0.25) is 0 Å². The highest BCUT2D eigenvalue weighted by Crippen LogP contribution is 2.21. The van der Waals surface area contributed by atoms with Gasteiger partial charge >= 0.3 is 0 Å². The third-order valence-corrected chi connectivity index (χ3v) is 6.12. The highest BCUT2D eigenvalue weighted by molar-refractivity contribution is 5.78. The Morgan fingerprint density at radius 3 is 2.56 bits per heavy atom. The van der Waals surface area contributed by atoms with Gasteiger partial charge in [-0.25, -0.2) is 4.39 Å². The van der Waals surface area contributed by atoms with Crippen LogP contribution in [-0.4, -0.2) is 74.5 Å². The summed E-state index contributed by atoms with van der Waals surface area (Å²) in [7, 11) is 5.70. The molecule has 0 aliphatic carbocycles. The molecule has 1 saturated heterocycles. The summed E-state index contributed by atoms with van der Waals surface area (Å²) in [5, 5.41) is 0. The number of likely N-dealkylation sites (N-methyl/N-ethyl adjacent to an activating group) is 1. The van der Waals surface area contributed by atoms with Crippen LogP contribution in [-0.2, 0) is 17.8 Å². The SMILES string of the molecule is COc1ccc(CC(=O)N(CCN(C)C)C[C@@H]2CCCN(Cc3ccccc3F)C2)cc1. The first-order valence-electron chi connectivity index (χ1n) is 11.5. The predicted octanol–water partition coefficient (Wildman–Crippen LogP) is 3.68. The first kappa shape index (κ1) is 24.2. The number of hydrogen-bond acceptors (Lipinski definition) is 4. The molecule has 0 radical (unpaired) electrons. The van der Waals surface area contributed by atoms with Crippen molar-refractivity contribution < 1.29 is 13.9 Å². The largest absolute Gasteiger partial charge is 0.497 e. The van der Waals surface area contributed by atoms with Gasteiger partial charge in [-0.2, -0.15) is 0 Å². The molecule has 1 amide bonds. The molecule has 1 atom stereocenters. The number of carbonyl (C=O) groups is 1. The zero-order valence-corrected chi connectivity index (χ0v) is 19.6. The van der Waals surface area contributed by atoms with Gasteiger partial charge in [0.25, 0.3) is 0 Å². The third-order valence-electron chi connectivity index (χ3n) is 6.12. The number of rotatable bonds is 10. The third kappa shape index (κ3) is 7.31. The van der Waals surface area contributed by atoms with Crippen molar-refractivity contribution in [1.82, 2.24) is 14.7 Å². The standard InChI is InChI=1S/C26H36FN3O2/c1-28(2)15-16-30(26(31)17-21-10-12-24(32-3)13-11-21)19-22-7-6-14-29(18-22)20-23-8-4-5-9-25(23)27/h4-5,8-13,22H,6-7,14-20H2,1-3H3/t22-/m1/s1. The molecular weight excluding hydrogens is 405 g/mol. The first-order chi connectivity index (χ1) is 15.4. The number of carbonyl (C=O) groups excluding carboxylic acids is 1. The number of nitrogens with zero attached hydrogens (tertiary/aromatic N) is 3. The number of hydrogen-bond donors (Lipinski definition) is 0. The van der Waals surface area contributed by atoms with Gasteiger partial charge in [0, 0.05) is 38.3 Å². The second-order valence-corrected chi connectivity index (χ2v) is 9.00. The lowest BCUT2D eigenvalue weighted by molar-refractivity contribution is -0.131. The van der Waals surface area contributed by atoms with Crippen LogP contribution in [0, 0.1) is 11.7 Å². The summed E-state index contributed by atoms with van der Waals surface area (Å²) in [6, 6.07) is 14.7. The topological polar surface area (TPSA) is 36.0 Å². The Bertz CT molecular complexity index is 856. The maximum absolute atomic E-state index is 14.1. The van der Waals surface area contributed by atoms with E-state index in [1.54, 1.807) is 13.2 Å². The van der Waals surface area contributed by atoms with Gasteiger partial charge in [0.15, 0.2) is 0 Å². The highest BCUT2D eigenvalue weighted by atomic mass is 19.1. The van der Waals surface area contributed by atoms with E-state index in [1.165, 1.54) is 6.07 Å². The molecule has 174 valence electrons. The van der Waals surface area contributed by atoms with Crippen molar-refractivity contribution in [3.63, 3.8) is 0 Å². The monoisotopic (exact) mass is 441 g/mol. The molecule has 0 N–H and O–H groups in total. The van der Waals surface area contributed by atoms with Crippen LogP contribution in [0.5, 0.6) is 5.75 Å². The van der Waals surface area contributed by atoms with E-state index in [0.29, 0.717) is 25.4 Å². The fraction of sp³-hybridized carbons (Fsp3) is 0.500. The molecule has 32 heavy (non-hydrogen) atoms. The number of amides is 1. The Hall–Kier alpha value is -2.44. The zero-order valence-electron chi connectivity index (χ0n) is 19.6. The van der Waals surface area contributed by atoms with E-state index in [-0.39, 0.29) is 11.7 Å². The second-order valence-electron chi connectivity index (χ2n) is 9.00. The van der Waals surface area contributed by atoms with Gasteiger partial charge < -0.3 is 14.5 Å². The number of ether oxygens (including phenoxy) is 1. The molecule has 0 spiro atoms. The summed E-state index contributed by atoms with van der Waals surface area (Å²) >= 11 is 0.